The molecule has 4 aromatic rings. The number of benzene rings is 3. The van der Waals surface area contributed by atoms with Gasteiger partial charge in [-0.05, 0) is 30.2 Å². The van der Waals surface area contributed by atoms with Crippen LogP contribution in [0.2, 0.25) is 0 Å². The van der Waals surface area contributed by atoms with Crippen molar-refractivity contribution in [3.05, 3.63) is 109 Å². The summed E-state index contributed by atoms with van der Waals surface area (Å²) < 4.78 is 7.50. The first-order valence-electron chi connectivity index (χ1n) is 11.8. The number of para-hydroxylation sites is 1. The largest absolute Gasteiger partial charge is 0.496 e. The van der Waals surface area contributed by atoms with Crippen molar-refractivity contribution < 1.29 is 9.53 Å². The van der Waals surface area contributed by atoms with Crippen LogP contribution >= 0.6 is 11.8 Å². The Kier molecular flexibility index (Phi) is 8.57. The van der Waals surface area contributed by atoms with Crippen molar-refractivity contribution in [2.75, 3.05) is 7.11 Å². The molecule has 0 saturated carbocycles. The van der Waals surface area contributed by atoms with Gasteiger partial charge in [0.05, 0.1) is 17.9 Å². The van der Waals surface area contributed by atoms with E-state index >= 15 is 0 Å². The van der Waals surface area contributed by atoms with Crippen LogP contribution in [0.4, 0.5) is 0 Å². The molecule has 0 aliphatic carbocycles. The van der Waals surface area contributed by atoms with Gasteiger partial charge in [-0.2, -0.15) is 0 Å². The fourth-order valence-corrected chi connectivity index (χ4v) is 4.93. The maximum atomic E-state index is 13.7. The van der Waals surface area contributed by atoms with Gasteiger partial charge >= 0.3 is 0 Å². The molecule has 0 aliphatic heterocycles. The molecule has 36 heavy (non-hydrogen) atoms. The summed E-state index contributed by atoms with van der Waals surface area (Å²) in [5.74, 6) is 1.44. The standard InChI is InChI=1S/C29H30N4O2S/c1-4-19-33-27(25-17-11-12-18-26(25)35-3)30-31-29(33)36-22(2)28(34)32(20-23-13-7-5-8-14-23)21-24-15-9-6-10-16-24/h4-18,22H,1,19-21H2,2-3H3. The molecule has 0 fully saturated rings. The number of ether oxygens (including phenoxy) is 1. The van der Waals surface area contributed by atoms with Crippen molar-refractivity contribution in [2.24, 2.45) is 0 Å². The third-order valence-electron chi connectivity index (χ3n) is 5.75. The van der Waals surface area contributed by atoms with E-state index in [0.29, 0.717) is 36.4 Å². The molecule has 1 unspecified atom stereocenters. The average molecular weight is 499 g/mol. The van der Waals surface area contributed by atoms with Crippen LogP contribution in [0.25, 0.3) is 11.4 Å². The Balaban J connectivity index is 1.59. The maximum absolute atomic E-state index is 13.7. The van der Waals surface area contributed by atoms with Gasteiger partial charge in [-0.15, -0.1) is 16.8 Å². The molecule has 4 rings (SSSR count). The van der Waals surface area contributed by atoms with Crippen LogP contribution < -0.4 is 4.74 Å². The minimum atomic E-state index is -0.365. The molecular formula is C29H30N4O2S. The molecule has 0 spiro atoms. The lowest BCUT2D eigenvalue weighted by molar-refractivity contribution is -0.131. The highest BCUT2D eigenvalue weighted by atomic mass is 32.2. The Morgan fingerprint density at radius 2 is 1.56 bits per heavy atom. The fraction of sp³-hybridized carbons (Fsp3) is 0.207. The van der Waals surface area contributed by atoms with Gasteiger partial charge in [-0.3, -0.25) is 9.36 Å². The third kappa shape index (κ3) is 6.04. The van der Waals surface area contributed by atoms with Gasteiger partial charge in [-0.1, -0.05) is 90.6 Å². The quantitative estimate of drug-likeness (QED) is 0.192. The van der Waals surface area contributed by atoms with Gasteiger partial charge in [0, 0.05) is 19.6 Å². The first-order valence-corrected chi connectivity index (χ1v) is 12.7. The zero-order chi connectivity index (χ0) is 25.3. The van der Waals surface area contributed by atoms with Gasteiger partial charge in [0.2, 0.25) is 5.91 Å². The molecule has 0 aliphatic rings. The number of aromatic nitrogens is 3. The molecule has 0 bridgehead atoms. The number of carbonyl (C=O) groups is 1. The lowest BCUT2D eigenvalue weighted by Crippen LogP contribution is -2.35. The number of methoxy groups -OCH3 is 1. The lowest BCUT2D eigenvalue weighted by atomic mass is 10.1. The lowest BCUT2D eigenvalue weighted by Gasteiger charge is -2.26. The van der Waals surface area contributed by atoms with E-state index in [-0.39, 0.29) is 11.2 Å². The third-order valence-corrected chi connectivity index (χ3v) is 6.82. The number of amides is 1. The van der Waals surface area contributed by atoms with Gasteiger partial charge in [0.25, 0.3) is 0 Å². The van der Waals surface area contributed by atoms with Crippen LogP contribution in [0.3, 0.4) is 0 Å². The molecule has 0 saturated heterocycles. The molecule has 1 heterocycles. The van der Waals surface area contributed by atoms with E-state index in [4.69, 9.17) is 4.74 Å². The number of nitrogens with zero attached hydrogens (tertiary/aromatic N) is 4. The number of thioether (sulfide) groups is 1. The highest BCUT2D eigenvalue weighted by Crippen LogP contribution is 2.32. The van der Waals surface area contributed by atoms with Crippen LogP contribution in [-0.2, 0) is 24.4 Å². The van der Waals surface area contributed by atoms with Crippen LogP contribution in [0.15, 0.2) is 103 Å². The SMILES string of the molecule is C=CCn1c(SC(C)C(=O)N(Cc2ccccc2)Cc2ccccc2)nnc1-c1ccccc1OC. The summed E-state index contributed by atoms with van der Waals surface area (Å²) >= 11 is 1.41. The molecule has 7 heteroatoms. The first kappa shape index (κ1) is 25.3. The summed E-state index contributed by atoms with van der Waals surface area (Å²) in [5, 5.41) is 9.18. The maximum Gasteiger partial charge on any atom is 0.236 e. The second kappa shape index (κ2) is 12.2. The predicted octanol–water partition coefficient (Wildman–Crippen LogP) is 5.85. The Bertz CT molecular complexity index is 1250. The summed E-state index contributed by atoms with van der Waals surface area (Å²) in [5.41, 5.74) is 3.02. The van der Waals surface area contributed by atoms with Crippen LogP contribution in [0.5, 0.6) is 5.75 Å². The van der Waals surface area contributed by atoms with E-state index in [0.717, 1.165) is 16.7 Å². The molecule has 1 aromatic heterocycles. The molecule has 0 radical (unpaired) electrons. The zero-order valence-electron chi connectivity index (χ0n) is 20.6. The minimum Gasteiger partial charge on any atom is -0.496 e. The molecule has 1 atom stereocenters. The van der Waals surface area contributed by atoms with Gasteiger partial charge < -0.3 is 9.64 Å². The van der Waals surface area contributed by atoms with Crippen molar-refractivity contribution >= 4 is 17.7 Å². The van der Waals surface area contributed by atoms with E-state index in [2.05, 4.69) is 16.8 Å². The summed E-state index contributed by atoms with van der Waals surface area (Å²) in [6.45, 7) is 7.40. The second-order valence-corrected chi connectivity index (χ2v) is 9.64. The average Bonchev–Trinajstić information content (AvgIpc) is 3.30. The van der Waals surface area contributed by atoms with Gasteiger partial charge in [-0.25, -0.2) is 0 Å². The Hall–Kier alpha value is -3.84. The van der Waals surface area contributed by atoms with Crippen LogP contribution in [0.1, 0.15) is 18.1 Å². The fourth-order valence-electron chi connectivity index (χ4n) is 3.98. The summed E-state index contributed by atoms with van der Waals surface area (Å²) in [4.78, 5) is 15.6. The number of carbonyl (C=O) groups excluding carboxylic acids is 1. The number of allylic oxidation sites excluding steroid dienone is 1. The van der Waals surface area contributed by atoms with E-state index in [1.165, 1.54) is 11.8 Å². The number of hydrogen-bond acceptors (Lipinski definition) is 5. The normalized spacial score (nSPS) is 11.6. The van der Waals surface area contributed by atoms with Crippen LogP contribution in [-0.4, -0.2) is 37.9 Å². The topological polar surface area (TPSA) is 60.2 Å². The van der Waals surface area contributed by atoms with E-state index in [9.17, 15) is 4.79 Å². The van der Waals surface area contributed by atoms with Crippen LogP contribution in [0, 0.1) is 0 Å². The summed E-state index contributed by atoms with van der Waals surface area (Å²) in [7, 11) is 1.64. The van der Waals surface area contributed by atoms with E-state index in [1.54, 1.807) is 13.2 Å². The molecule has 184 valence electrons. The Labute approximate surface area is 216 Å². The van der Waals surface area contributed by atoms with Gasteiger partial charge in [0.15, 0.2) is 11.0 Å². The Morgan fingerprint density at radius 3 is 2.14 bits per heavy atom. The molecule has 1 amide bonds. The highest BCUT2D eigenvalue weighted by molar-refractivity contribution is 8.00. The molecule has 3 aromatic carbocycles. The molecule has 0 N–H and O–H groups in total. The predicted molar refractivity (Wildman–Crippen MR) is 145 cm³/mol. The first-order chi connectivity index (χ1) is 17.6. The smallest absolute Gasteiger partial charge is 0.236 e. The number of hydrogen-bond donors (Lipinski definition) is 0. The van der Waals surface area contributed by atoms with E-state index in [1.807, 2.05) is 101 Å². The number of rotatable bonds is 11. The molecular weight excluding hydrogens is 468 g/mol. The van der Waals surface area contributed by atoms with Gasteiger partial charge in [0.1, 0.15) is 5.75 Å². The second-order valence-electron chi connectivity index (χ2n) is 8.33. The van der Waals surface area contributed by atoms with Crippen molar-refractivity contribution in [2.45, 2.75) is 37.0 Å². The van der Waals surface area contributed by atoms with Crippen molar-refractivity contribution in [3.63, 3.8) is 0 Å². The van der Waals surface area contributed by atoms with Crippen molar-refractivity contribution in [1.82, 2.24) is 19.7 Å². The zero-order valence-corrected chi connectivity index (χ0v) is 21.4. The minimum absolute atomic E-state index is 0.0414. The Morgan fingerprint density at radius 1 is 0.972 bits per heavy atom. The summed E-state index contributed by atoms with van der Waals surface area (Å²) in [6.07, 6.45) is 1.80. The van der Waals surface area contributed by atoms with E-state index < -0.39 is 0 Å². The van der Waals surface area contributed by atoms with Crippen molar-refractivity contribution in [1.29, 1.82) is 0 Å². The monoisotopic (exact) mass is 498 g/mol. The van der Waals surface area contributed by atoms with Crippen molar-refractivity contribution in [3.8, 4) is 17.1 Å². The molecule has 6 nitrogen and oxygen atoms in total. The highest BCUT2D eigenvalue weighted by Gasteiger charge is 2.25. The summed E-state index contributed by atoms with van der Waals surface area (Å²) in [6, 6.07) is 27.8.